The van der Waals surface area contributed by atoms with Crippen molar-refractivity contribution in [3.8, 4) is 5.75 Å². The van der Waals surface area contributed by atoms with Crippen LogP contribution >= 0.6 is 0 Å². The standard InChI is InChI=1S/C17H28N2O/c1-13(2)20-16-9-5-8-15(10-16)17(11-18)19(3)12-14-6-4-7-14/h5,8-10,13-14,17H,4,6-7,11-12,18H2,1-3H3. The first-order chi connectivity index (χ1) is 9.60. The fraction of sp³-hybridized carbons (Fsp3) is 0.647. The summed E-state index contributed by atoms with van der Waals surface area (Å²) in [6, 6.07) is 8.65. The van der Waals surface area contributed by atoms with Crippen molar-refractivity contribution in [1.29, 1.82) is 0 Å². The molecule has 1 fully saturated rings. The number of nitrogens with zero attached hydrogens (tertiary/aromatic N) is 1. The summed E-state index contributed by atoms with van der Waals surface area (Å²) in [6.07, 6.45) is 4.34. The van der Waals surface area contributed by atoms with Crippen LogP contribution in [0.25, 0.3) is 0 Å². The number of hydrogen-bond acceptors (Lipinski definition) is 3. The van der Waals surface area contributed by atoms with E-state index < -0.39 is 0 Å². The van der Waals surface area contributed by atoms with Gasteiger partial charge in [-0.2, -0.15) is 0 Å². The van der Waals surface area contributed by atoms with Crippen LogP contribution in [0.1, 0.15) is 44.7 Å². The molecule has 0 saturated heterocycles. The fourth-order valence-corrected chi connectivity index (χ4v) is 2.85. The summed E-state index contributed by atoms with van der Waals surface area (Å²) in [7, 11) is 2.19. The Morgan fingerprint density at radius 1 is 1.35 bits per heavy atom. The zero-order valence-electron chi connectivity index (χ0n) is 13.0. The van der Waals surface area contributed by atoms with Gasteiger partial charge in [0.25, 0.3) is 0 Å². The van der Waals surface area contributed by atoms with Crippen LogP contribution in [-0.2, 0) is 0 Å². The molecule has 3 heteroatoms. The van der Waals surface area contributed by atoms with Crippen molar-refractivity contribution in [3.05, 3.63) is 29.8 Å². The van der Waals surface area contributed by atoms with E-state index in [9.17, 15) is 0 Å². The smallest absolute Gasteiger partial charge is 0.120 e. The number of rotatable bonds is 7. The normalized spacial score (nSPS) is 17.3. The summed E-state index contributed by atoms with van der Waals surface area (Å²) in [5.41, 5.74) is 7.27. The summed E-state index contributed by atoms with van der Waals surface area (Å²) in [4.78, 5) is 2.40. The molecular weight excluding hydrogens is 248 g/mol. The van der Waals surface area contributed by atoms with E-state index >= 15 is 0 Å². The molecule has 1 unspecified atom stereocenters. The maximum absolute atomic E-state index is 6.01. The topological polar surface area (TPSA) is 38.5 Å². The summed E-state index contributed by atoms with van der Waals surface area (Å²) >= 11 is 0. The van der Waals surface area contributed by atoms with Crippen LogP contribution in [0.2, 0.25) is 0 Å². The number of hydrogen-bond donors (Lipinski definition) is 1. The Morgan fingerprint density at radius 2 is 2.10 bits per heavy atom. The Morgan fingerprint density at radius 3 is 2.65 bits per heavy atom. The van der Waals surface area contributed by atoms with E-state index in [1.165, 1.54) is 24.8 Å². The Kier molecular flexibility index (Phi) is 5.44. The van der Waals surface area contributed by atoms with Crippen molar-refractivity contribution in [1.82, 2.24) is 4.90 Å². The molecule has 0 amide bonds. The molecule has 0 radical (unpaired) electrons. The van der Waals surface area contributed by atoms with Gasteiger partial charge in [-0.15, -0.1) is 0 Å². The Labute approximate surface area is 123 Å². The Bertz CT molecular complexity index is 415. The molecule has 112 valence electrons. The minimum Gasteiger partial charge on any atom is -0.491 e. The highest BCUT2D eigenvalue weighted by atomic mass is 16.5. The average Bonchev–Trinajstić information content (AvgIpc) is 2.34. The SMILES string of the molecule is CC(C)Oc1cccc(C(CN)N(C)CC2CCC2)c1. The van der Waals surface area contributed by atoms with Gasteiger partial charge in [0, 0.05) is 19.1 Å². The van der Waals surface area contributed by atoms with E-state index in [0.29, 0.717) is 6.54 Å². The second-order valence-electron chi connectivity index (χ2n) is 6.23. The van der Waals surface area contributed by atoms with Crippen molar-refractivity contribution >= 4 is 0 Å². The van der Waals surface area contributed by atoms with Gasteiger partial charge < -0.3 is 10.5 Å². The van der Waals surface area contributed by atoms with Crippen LogP contribution < -0.4 is 10.5 Å². The summed E-state index contributed by atoms with van der Waals surface area (Å²) in [5, 5.41) is 0. The van der Waals surface area contributed by atoms with E-state index in [1.54, 1.807) is 0 Å². The molecule has 1 aromatic rings. The van der Waals surface area contributed by atoms with Crippen molar-refractivity contribution in [2.75, 3.05) is 20.1 Å². The van der Waals surface area contributed by atoms with Crippen LogP contribution in [-0.4, -0.2) is 31.1 Å². The molecule has 2 rings (SSSR count). The lowest BCUT2D eigenvalue weighted by molar-refractivity contribution is 0.164. The lowest BCUT2D eigenvalue weighted by Gasteiger charge is -2.34. The third-order valence-electron chi connectivity index (χ3n) is 4.14. The molecule has 0 aliphatic heterocycles. The van der Waals surface area contributed by atoms with Gasteiger partial charge >= 0.3 is 0 Å². The highest BCUT2D eigenvalue weighted by Crippen LogP contribution is 2.30. The van der Waals surface area contributed by atoms with Crippen LogP contribution in [0, 0.1) is 5.92 Å². The van der Waals surface area contributed by atoms with Crippen molar-refractivity contribution in [2.24, 2.45) is 11.7 Å². The molecular formula is C17H28N2O. The zero-order chi connectivity index (χ0) is 14.5. The predicted molar refractivity (Wildman–Crippen MR) is 84.0 cm³/mol. The lowest BCUT2D eigenvalue weighted by atomic mass is 9.85. The van der Waals surface area contributed by atoms with Crippen molar-refractivity contribution in [2.45, 2.75) is 45.3 Å². The van der Waals surface area contributed by atoms with Crippen molar-refractivity contribution < 1.29 is 4.74 Å². The Balaban J connectivity index is 2.05. The molecule has 2 N–H and O–H groups in total. The summed E-state index contributed by atoms with van der Waals surface area (Å²) in [5.74, 6) is 1.80. The largest absolute Gasteiger partial charge is 0.491 e. The zero-order valence-corrected chi connectivity index (χ0v) is 13.0. The first-order valence-electron chi connectivity index (χ1n) is 7.77. The number of ether oxygens (including phenoxy) is 1. The van der Waals surface area contributed by atoms with E-state index in [0.717, 1.165) is 18.2 Å². The molecule has 1 saturated carbocycles. The average molecular weight is 276 g/mol. The summed E-state index contributed by atoms with van der Waals surface area (Å²) < 4.78 is 5.78. The maximum Gasteiger partial charge on any atom is 0.120 e. The first kappa shape index (κ1) is 15.3. The number of likely N-dealkylation sites (N-methyl/N-ethyl adjacent to an activating group) is 1. The highest BCUT2D eigenvalue weighted by molar-refractivity contribution is 5.31. The van der Waals surface area contributed by atoms with E-state index in [1.807, 2.05) is 6.07 Å². The van der Waals surface area contributed by atoms with Gasteiger partial charge in [-0.3, -0.25) is 4.90 Å². The molecule has 1 aliphatic carbocycles. The predicted octanol–water partition coefficient (Wildman–Crippen LogP) is 3.21. The second-order valence-corrected chi connectivity index (χ2v) is 6.23. The van der Waals surface area contributed by atoms with Gasteiger partial charge in [0.2, 0.25) is 0 Å². The van der Waals surface area contributed by atoms with E-state index in [-0.39, 0.29) is 12.1 Å². The van der Waals surface area contributed by atoms with Crippen LogP contribution in [0.5, 0.6) is 5.75 Å². The molecule has 0 spiro atoms. The molecule has 0 heterocycles. The maximum atomic E-state index is 6.01. The molecule has 1 aliphatic rings. The molecule has 1 aromatic carbocycles. The van der Waals surface area contributed by atoms with Gasteiger partial charge in [0.05, 0.1) is 6.10 Å². The molecule has 20 heavy (non-hydrogen) atoms. The number of benzene rings is 1. The van der Waals surface area contributed by atoms with Crippen LogP contribution in [0.15, 0.2) is 24.3 Å². The fourth-order valence-electron chi connectivity index (χ4n) is 2.85. The van der Waals surface area contributed by atoms with Gasteiger partial charge in [0.15, 0.2) is 0 Å². The Hall–Kier alpha value is -1.06. The monoisotopic (exact) mass is 276 g/mol. The first-order valence-corrected chi connectivity index (χ1v) is 7.77. The molecule has 0 aromatic heterocycles. The van der Waals surface area contributed by atoms with E-state index in [2.05, 4.69) is 44.0 Å². The van der Waals surface area contributed by atoms with Gasteiger partial charge in [-0.25, -0.2) is 0 Å². The van der Waals surface area contributed by atoms with Crippen LogP contribution in [0.3, 0.4) is 0 Å². The quantitative estimate of drug-likeness (QED) is 0.831. The summed E-state index contributed by atoms with van der Waals surface area (Å²) in [6.45, 7) is 5.90. The number of nitrogens with two attached hydrogens (primary N) is 1. The van der Waals surface area contributed by atoms with Crippen molar-refractivity contribution in [3.63, 3.8) is 0 Å². The second kappa shape index (κ2) is 7.09. The van der Waals surface area contributed by atoms with Gasteiger partial charge in [-0.05, 0) is 57.4 Å². The molecule has 1 atom stereocenters. The molecule has 0 bridgehead atoms. The third kappa shape index (κ3) is 3.97. The minimum absolute atomic E-state index is 0.203. The van der Waals surface area contributed by atoms with Gasteiger partial charge in [0.1, 0.15) is 5.75 Å². The molecule has 3 nitrogen and oxygen atoms in total. The highest BCUT2D eigenvalue weighted by Gasteiger charge is 2.23. The van der Waals surface area contributed by atoms with E-state index in [4.69, 9.17) is 10.5 Å². The minimum atomic E-state index is 0.203. The lowest BCUT2D eigenvalue weighted by Crippen LogP contribution is -2.36. The van der Waals surface area contributed by atoms with Gasteiger partial charge in [-0.1, -0.05) is 18.6 Å². The van der Waals surface area contributed by atoms with Crippen LogP contribution in [0.4, 0.5) is 0 Å². The third-order valence-corrected chi connectivity index (χ3v) is 4.14.